The Morgan fingerprint density at radius 2 is 1.76 bits per heavy atom. The van der Waals surface area contributed by atoms with Gasteiger partial charge in [0.1, 0.15) is 11.4 Å². The van der Waals surface area contributed by atoms with Gasteiger partial charge >= 0.3 is 6.03 Å². The highest BCUT2D eigenvalue weighted by Crippen LogP contribution is 2.33. The van der Waals surface area contributed by atoms with Gasteiger partial charge in [0.25, 0.3) is 5.91 Å². The van der Waals surface area contributed by atoms with Gasteiger partial charge in [-0.3, -0.25) is 9.69 Å². The number of hydrogen-bond donors (Lipinski definition) is 1. The lowest BCUT2D eigenvalue weighted by Gasteiger charge is -2.25. The molecule has 4 rings (SSSR count). The van der Waals surface area contributed by atoms with Gasteiger partial charge in [-0.15, -0.1) is 0 Å². The number of sulfonamides is 1. The summed E-state index contributed by atoms with van der Waals surface area (Å²) in [5.74, 6) is 0.183. The molecule has 1 fully saturated rings. The van der Waals surface area contributed by atoms with Crippen LogP contribution in [-0.4, -0.2) is 53.2 Å². The SMILES string of the molecule is CCn1c(CN2C(=O)NC(CC)(c3ccccc3)C2=O)nc2cc(S(=O)(=O)N(C)C)ccc21. The molecule has 10 heteroatoms. The van der Waals surface area contributed by atoms with E-state index in [-0.39, 0.29) is 17.3 Å². The van der Waals surface area contributed by atoms with Crippen LogP contribution in [0.15, 0.2) is 53.4 Å². The Hall–Kier alpha value is -3.24. The molecule has 0 aliphatic carbocycles. The summed E-state index contributed by atoms with van der Waals surface area (Å²) >= 11 is 0. The third-order valence-electron chi connectivity index (χ3n) is 6.17. The Morgan fingerprint density at radius 1 is 1.06 bits per heavy atom. The second kappa shape index (κ2) is 8.27. The largest absolute Gasteiger partial charge is 0.327 e. The molecular formula is C23H27N5O4S. The van der Waals surface area contributed by atoms with E-state index in [1.54, 1.807) is 12.1 Å². The van der Waals surface area contributed by atoms with Crippen molar-refractivity contribution in [2.24, 2.45) is 0 Å². The topological polar surface area (TPSA) is 105 Å². The first-order valence-electron chi connectivity index (χ1n) is 10.8. The van der Waals surface area contributed by atoms with Crippen molar-refractivity contribution in [3.05, 3.63) is 59.9 Å². The zero-order valence-electron chi connectivity index (χ0n) is 19.1. The Morgan fingerprint density at radius 3 is 2.36 bits per heavy atom. The second-order valence-corrected chi connectivity index (χ2v) is 10.3. The number of urea groups is 1. The van der Waals surface area contributed by atoms with Crippen molar-refractivity contribution in [1.82, 2.24) is 24.1 Å². The molecular weight excluding hydrogens is 442 g/mol. The Kier molecular flexibility index (Phi) is 5.75. The van der Waals surface area contributed by atoms with Crippen molar-refractivity contribution in [1.29, 1.82) is 0 Å². The molecule has 2 heterocycles. The molecule has 33 heavy (non-hydrogen) atoms. The maximum Gasteiger partial charge on any atom is 0.325 e. The number of amides is 3. The summed E-state index contributed by atoms with van der Waals surface area (Å²) in [4.78, 5) is 32.3. The number of imide groups is 1. The predicted molar refractivity (Wildman–Crippen MR) is 124 cm³/mol. The van der Waals surface area contributed by atoms with Gasteiger partial charge in [0.05, 0.1) is 22.5 Å². The lowest BCUT2D eigenvalue weighted by atomic mass is 9.87. The summed E-state index contributed by atoms with van der Waals surface area (Å²) in [6, 6.07) is 13.5. The van der Waals surface area contributed by atoms with Gasteiger partial charge in [0.15, 0.2) is 0 Å². The molecule has 1 aliphatic heterocycles. The molecule has 3 amide bonds. The summed E-state index contributed by atoms with van der Waals surface area (Å²) in [7, 11) is -0.668. The molecule has 1 saturated heterocycles. The lowest BCUT2D eigenvalue weighted by molar-refractivity contribution is -0.132. The number of nitrogens with one attached hydrogen (secondary N) is 1. The number of rotatable bonds is 7. The minimum atomic E-state index is -3.61. The Balaban J connectivity index is 1.73. The van der Waals surface area contributed by atoms with Crippen LogP contribution in [0.3, 0.4) is 0 Å². The van der Waals surface area contributed by atoms with Crippen molar-refractivity contribution in [2.45, 2.75) is 43.8 Å². The van der Waals surface area contributed by atoms with E-state index in [4.69, 9.17) is 0 Å². The van der Waals surface area contributed by atoms with Crippen LogP contribution in [0.4, 0.5) is 4.79 Å². The maximum absolute atomic E-state index is 13.5. The van der Waals surface area contributed by atoms with Gasteiger partial charge < -0.3 is 9.88 Å². The van der Waals surface area contributed by atoms with Crippen LogP contribution < -0.4 is 5.32 Å². The fourth-order valence-electron chi connectivity index (χ4n) is 4.28. The van der Waals surface area contributed by atoms with Crippen molar-refractivity contribution < 1.29 is 18.0 Å². The molecule has 3 aromatic rings. The van der Waals surface area contributed by atoms with Crippen LogP contribution in [0.25, 0.3) is 11.0 Å². The second-order valence-electron chi connectivity index (χ2n) is 8.16. The summed E-state index contributed by atoms with van der Waals surface area (Å²) < 4.78 is 28.1. The van der Waals surface area contributed by atoms with E-state index in [2.05, 4.69) is 10.3 Å². The molecule has 174 valence electrons. The minimum Gasteiger partial charge on any atom is -0.327 e. The first kappa shape index (κ1) is 22.9. The van der Waals surface area contributed by atoms with E-state index in [0.29, 0.717) is 24.3 Å². The van der Waals surface area contributed by atoms with Crippen LogP contribution in [0.1, 0.15) is 31.7 Å². The van der Waals surface area contributed by atoms with Gasteiger partial charge in [0.2, 0.25) is 10.0 Å². The average Bonchev–Trinajstić information content (AvgIpc) is 3.28. The molecule has 2 aromatic carbocycles. The molecule has 0 spiro atoms. The number of imidazole rings is 1. The number of carbonyl (C=O) groups is 2. The number of aryl methyl sites for hydroxylation is 1. The highest BCUT2D eigenvalue weighted by atomic mass is 32.2. The van der Waals surface area contributed by atoms with Gasteiger partial charge in [-0.2, -0.15) is 0 Å². The molecule has 9 nitrogen and oxygen atoms in total. The summed E-state index contributed by atoms with van der Waals surface area (Å²) in [6.07, 6.45) is 0.411. The summed E-state index contributed by atoms with van der Waals surface area (Å²) in [5.41, 5.74) is 0.846. The number of fused-ring (bicyclic) bond motifs is 1. The third kappa shape index (κ3) is 3.59. The van der Waals surface area contributed by atoms with Crippen molar-refractivity contribution in [3.8, 4) is 0 Å². The van der Waals surface area contributed by atoms with Crippen LogP contribution in [0.2, 0.25) is 0 Å². The maximum atomic E-state index is 13.5. The van der Waals surface area contributed by atoms with Crippen LogP contribution in [0.5, 0.6) is 0 Å². The molecule has 1 atom stereocenters. The third-order valence-corrected chi connectivity index (χ3v) is 7.98. The zero-order valence-corrected chi connectivity index (χ0v) is 19.9. The van der Waals surface area contributed by atoms with Crippen molar-refractivity contribution in [3.63, 3.8) is 0 Å². The molecule has 0 bridgehead atoms. The first-order chi connectivity index (χ1) is 15.7. The molecule has 1 unspecified atom stereocenters. The average molecular weight is 470 g/mol. The molecule has 1 aromatic heterocycles. The number of benzene rings is 2. The van der Waals surface area contributed by atoms with Gasteiger partial charge in [0, 0.05) is 20.6 Å². The zero-order chi connectivity index (χ0) is 24.0. The molecule has 0 saturated carbocycles. The summed E-state index contributed by atoms with van der Waals surface area (Å²) in [5, 5.41) is 2.88. The van der Waals surface area contributed by atoms with E-state index in [1.165, 1.54) is 25.1 Å². The molecule has 0 radical (unpaired) electrons. The summed E-state index contributed by atoms with van der Waals surface area (Å²) in [6.45, 7) is 4.33. The minimum absolute atomic E-state index is 0.0163. The fourth-order valence-corrected chi connectivity index (χ4v) is 5.20. The number of hydrogen-bond acceptors (Lipinski definition) is 5. The lowest BCUT2D eigenvalue weighted by Crippen LogP contribution is -2.43. The monoisotopic (exact) mass is 469 g/mol. The standard InChI is InChI=1S/C23H27N5O4S/c1-5-23(16-10-8-7-9-11-16)21(29)28(22(30)25-23)15-20-24-18-14-17(33(31,32)26(3)4)12-13-19(18)27(20)6-2/h7-14H,5-6,15H2,1-4H3,(H,25,30). The van der Waals surface area contributed by atoms with Gasteiger partial charge in [-0.05, 0) is 37.1 Å². The van der Waals surface area contributed by atoms with Crippen molar-refractivity contribution in [2.75, 3.05) is 14.1 Å². The van der Waals surface area contributed by atoms with Crippen LogP contribution in [0, 0.1) is 0 Å². The normalized spacial score (nSPS) is 19.0. The molecule has 1 N–H and O–H groups in total. The van der Waals surface area contributed by atoms with Crippen LogP contribution >= 0.6 is 0 Å². The highest BCUT2D eigenvalue weighted by Gasteiger charge is 2.51. The first-order valence-corrected chi connectivity index (χ1v) is 12.2. The van der Waals surface area contributed by atoms with E-state index >= 15 is 0 Å². The quantitative estimate of drug-likeness (QED) is 0.536. The Bertz CT molecular complexity index is 1330. The van der Waals surface area contributed by atoms with Crippen molar-refractivity contribution >= 4 is 33.0 Å². The van der Waals surface area contributed by atoms with E-state index in [1.807, 2.05) is 48.7 Å². The predicted octanol–water partition coefficient (Wildman–Crippen LogP) is 2.66. The van der Waals surface area contributed by atoms with E-state index in [9.17, 15) is 18.0 Å². The highest BCUT2D eigenvalue weighted by molar-refractivity contribution is 7.89. The van der Waals surface area contributed by atoms with E-state index < -0.39 is 21.6 Å². The van der Waals surface area contributed by atoms with E-state index in [0.717, 1.165) is 15.4 Å². The van der Waals surface area contributed by atoms with Gasteiger partial charge in [-0.25, -0.2) is 22.5 Å². The van der Waals surface area contributed by atoms with Gasteiger partial charge in [-0.1, -0.05) is 37.3 Å². The fraction of sp³-hybridized carbons (Fsp3) is 0.348. The number of carbonyl (C=O) groups excluding carboxylic acids is 2. The molecule has 1 aliphatic rings. The number of aromatic nitrogens is 2. The Labute approximate surface area is 193 Å². The van der Waals surface area contributed by atoms with Crippen LogP contribution in [-0.2, 0) is 33.4 Å². The smallest absolute Gasteiger partial charge is 0.325 e. The number of nitrogens with zero attached hydrogens (tertiary/aromatic N) is 4.